The van der Waals surface area contributed by atoms with Gasteiger partial charge in [-0.1, -0.05) is 12.1 Å². The highest BCUT2D eigenvalue weighted by molar-refractivity contribution is 5.75. The summed E-state index contributed by atoms with van der Waals surface area (Å²) in [6, 6.07) is 4.93. The molecule has 1 atom stereocenters. The summed E-state index contributed by atoms with van der Waals surface area (Å²) in [6.45, 7) is 1.38. The van der Waals surface area contributed by atoms with E-state index in [1.807, 2.05) is 0 Å². The Labute approximate surface area is 89.5 Å². The highest BCUT2D eigenvalue weighted by atomic mass is 19.4. The summed E-state index contributed by atoms with van der Waals surface area (Å²) in [4.78, 5) is 10.6. The van der Waals surface area contributed by atoms with Crippen LogP contribution in [0.5, 0.6) is 5.75 Å². The van der Waals surface area contributed by atoms with Crippen molar-refractivity contribution in [2.75, 3.05) is 0 Å². The van der Waals surface area contributed by atoms with Gasteiger partial charge in [0.15, 0.2) is 0 Å². The second-order valence-corrected chi connectivity index (χ2v) is 3.18. The number of hydrogen-bond donors (Lipinski definition) is 1. The molecule has 0 saturated heterocycles. The number of alkyl halides is 3. The van der Waals surface area contributed by atoms with E-state index in [1.54, 1.807) is 0 Å². The average Bonchev–Trinajstić information content (AvgIpc) is 2.14. The SMILES string of the molecule is C[C@H](C(=O)O)c1cccc(OC(F)(F)F)c1. The van der Waals surface area contributed by atoms with Gasteiger partial charge in [-0.3, -0.25) is 4.79 Å². The minimum absolute atomic E-state index is 0.259. The van der Waals surface area contributed by atoms with E-state index in [1.165, 1.54) is 19.1 Å². The summed E-state index contributed by atoms with van der Waals surface area (Å²) < 4.78 is 39.4. The van der Waals surface area contributed by atoms with Crippen molar-refractivity contribution >= 4 is 5.97 Å². The van der Waals surface area contributed by atoms with Crippen molar-refractivity contribution in [3.8, 4) is 5.75 Å². The number of carboxylic acid groups (broad SMARTS) is 1. The van der Waals surface area contributed by atoms with E-state index in [9.17, 15) is 18.0 Å². The van der Waals surface area contributed by atoms with Gasteiger partial charge in [-0.2, -0.15) is 0 Å². The number of hydrogen-bond acceptors (Lipinski definition) is 2. The zero-order valence-corrected chi connectivity index (χ0v) is 8.28. The number of carbonyl (C=O) groups is 1. The summed E-state index contributed by atoms with van der Waals surface area (Å²) in [5, 5.41) is 8.70. The molecule has 1 N–H and O–H groups in total. The Morgan fingerprint density at radius 2 is 2.06 bits per heavy atom. The zero-order chi connectivity index (χ0) is 12.3. The van der Waals surface area contributed by atoms with Gasteiger partial charge >= 0.3 is 12.3 Å². The summed E-state index contributed by atoms with van der Waals surface area (Å²) in [6.07, 6.45) is -4.77. The van der Waals surface area contributed by atoms with Crippen LogP contribution in [0.1, 0.15) is 18.4 Å². The fourth-order valence-corrected chi connectivity index (χ4v) is 1.12. The van der Waals surface area contributed by atoms with Gasteiger partial charge in [0.25, 0.3) is 0 Å². The Morgan fingerprint density at radius 1 is 1.44 bits per heavy atom. The van der Waals surface area contributed by atoms with Gasteiger partial charge < -0.3 is 9.84 Å². The molecule has 0 fully saturated rings. The molecule has 88 valence electrons. The molecule has 0 aliphatic heterocycles. The summed E-state index contributed by atoms with van der Waals surface area (Å²) >= 11 is 0. The number of ether oxygens (including phenoxy) is 1. The lowest BCUT2D eigenvalue weighted by atomic mass is 10.0. The smallest absolute Gasteiger partial charge is 0.481 e. The Hall–Kier alpha value is -1.72. The minimum Gasteiger partial charge on any atom is -0.481 e. The summed E-state index contributed by atoms with van der Waals surface area (Å²) in [5.74, 6) is -2.40. The number of benzene rings is 1. The Balaban J connectivity index is 2.91. The molecule has 1 aromatic carbocycles. The molecule has 0 radical (unpaired) electrons. The predicted molar refractivity (Wildman–Crippen MR) is 49.2 cm³/mol. The molecule has 3 nitrogen and oxygen atoms in total. The Morgan fingerprint density at radius 3 is 2.56 bits per heavy atom. The molecule has 0 heterocycles. The third-order valence-corrected chi connectivity index (χ3v) is 1.96. The van der Waals surface area contributed by atoms with E-state index in [4.69, 9.17) is 5.11 Å². The lowest BCUT2D eigenvalue weighted by Gasteiger charge is -2.11. The largest absolute Gasteiger partial charge is 0.573 e. The van der Waals surface area contributed by atoms with Crippen LogP contribution in [0, 0.1) is 0 Å². The molecule has 16 heavy (non-hydrogen) atoms. The minimum atomic E-state index is -4.77. The molecule has 0 unspecified atom stereocenters. The average molecular weight is 234 g/mol. The number of rotatable bonds is 3. The van der Waals surface area contributed by atoms with Crippen LogP contribution in [0.2, 0.25) is 0 Å². The monoisotopic (exact) mass is 234 g/mol. The maximum absolute atomic E-state index is 11.9. The van der Waals surface area contributed by atoms with E-state index in [2.05, 4.69) is 4.74 Å². The molecule has 0 aromatic heterocycles. The molecule has 1 aromatic rings. The van der Waals surface area contributed by atoms with Crippen molar-refractivity contribution < 1.29 is 27.8 Å². The van der Waals surface area contributed by atoms with Crippen molar-refractivity contribution in [3.63, 3.8) is 0 Å². The van der Waals surface area contributed by atoms with Crippen LogP contribution in [0.15, 0.2) is 24.3 Å². The summed E-state index contributed by atoms with van der Waals surface area (Å²) in [7, 11) is 0. The lowest BCUT2D eigenvalue weighted by molar-refractivity contribution is -0.274. The van der Waals surface area contributed by atoms with E-state index in [-0.39, 0.29) is 5.56 Å². The molecule has 0 aliphatic carbocycles. The molecule has 0 bridgehead atoms. The number of halogens is 3. The zero-order valence-electron chi connectivity index (χ0n) is 8.28. The van der Waals surface area contributed by atoms with Crippen molar-refractivity contribution in [1.82, 2.24) is 0 Å². The van der Waals surface area contributed by atoms with Crippen LogP contribution in [-0.4, -0.2) is 17.4 Å². The first kappa shape index (κ1) is 12.4. The highest BCUT2D eigenvalue weighted by Gasteiger charge is 2.31. The second kappa shape index (κ2) is 4.42. The quantitative estimate of drug-likeness (QED) is 0.874. The van der Waals surface area contributed by atoms with Crippen molar-refractivity contribution in [2.45, 2.75) is 19.2 Å². The van der Waals surface area contributed by atoms with Crippen LogP contribution < -0.4 is 4.74 Å². The van der Waals surface area contributed by atoms with Gasteiger partial charge in [0.05, 0.1) is 5.92 Å². The van der Waals surface area contributed by atoms with Crippen LogP contribution in [0.3, 0.4) is 0 Å². The molecular formula is C10H9F3O3. The maximum Gasteiger partial charge on any atom is 0.573 e. The normalized spacial score (nSPS) is 13.2. The van der Waals surface area contributed by atoms with Crippen molar-refractivity contribution in [3.05, 3.63) is 29.8 Å². The second-order valence-electron chi connectivity index (χ2n) is 3.18. The Kier molecular flexibility index (Phi) is 3.41. The van der Waals surface area contributed by atoms with Gasteiger partial charge in [-0.15, -0.1) is 13.2 Å². The van der Waals surface area contributed by atoms with Gasteiger partial charge in [0, 0.05) is 0 Å². The molecule has 1 rings (SSSR count). The van der Waals surface area contributed by atoms with Crippen molar-refractivity contribution in [1.29, 1.82) is 0 Å². The van der Waals surface area contributed by atoms with Gasteiger partial charge in [0.2, 0.25) is 0 Å². The van der Waals surface area contributed by atoms with Crippen LogP contribution in [0.4, 0.5) is 13.2 Å². The molecule has 0 aliphatic rings. The van der Waals surface area contributed by atoms with Crippen molar-refractivity contribution in [2.24, 2.45) is 0 Å². The van der Waals surface area contributed by atoms with E-state index in [0.29, 0.717) is 0 Å². The third kappa shape index (κ3) is 3.45. The molecular weight excluding hydrogens is 225 g/mol. The predicted octanol–water partition coefficient (Wildman–Crippen LogP) is 2.77. The van der Waals surface area contributed by atoms with Gasteiger partial charge in [-0.05, 0) is 24.6 Å². The fraction of sp³-hybridized carbons (Fsp3) is 0.300. The van der Waals surface area contributed by atoms with Crippen LogP contribution >= 0.6 is 0 Å². The van der Waals surface area contributed by atoms with E-state index in [0.717, 1.165) is 12.1 Å². The molecule has 6 heteroatoms. The summed E-state index contributed by atoms with van der Waals surface area (Å²) in [5.41, 5.74) is 0.259. The van der Waals surface area contributed by atoms with Gasteiger partial charge in [-0.25, -0.2) is 0 Å². The first-order valence-electron chi connectivity index (χ1n) is 4.38. The highest BCUT2D eigenvalue weighted by Crippen LogP contribution is 2.26. The number of carboxylic acids is 1. The standard InChI is InChI=1S/C10H9F3O3/c1-6(9(14)15)7-3-2-4-8(5-7)16-10(11,12)13/h2-6H,1H3,(H,14,15)/t6-/m0/s1. The topological polar surface area (TPSA) is 46.5 Å². The first-order valence-corrected chi connectivity index (χ1v) is 4.38. The first-order chi connectivity index (χ1) is 7.29. The fourth-order valence-electron chi connectivity index (χ4n) is 1.12. The van der Waals surface area contributed by atoms with Crippen LogP contribution in [0.25, 0.3) is 0 Å². The number of aliphatic carboxylic acids is 1. The molecule has 0 spiro atoms. The lowest BCUT2D eigenvalue weighted by Crippen LogP contribution is -2.17. The molecule has 0 saturated carbocycles. The molecule has 0 amide bonds. The third-order valence-electron chi connectivity index (χ3n) is 1.96. The van der Waals surface area contributed by atoms with Crippen LogP contribution in [-0.2, 0) is 4.79 Å². The maximum atomic E-state index is 11.9. The van der Waals surface area contributed by atoms with E-state index < -0.39 is 24.0 Å². The Bertz CT molecular complexity index is 387. The van der Waals surface area contributed by atoms with Gasteiger partial charge in [0.1, 0.15) is 5.75 Å². The van der Waals surface area contributed by atoms with E-state index >= 15 is 0 Å².